The molecule has 0 radical (unpaired) electrons. The number of nitrogens with one attached hydrogen (secondary N) is 1. The van der Waals surface area contributed by atoms with E-state index in [1.165, 1.54) is 12.1 Å². The quantitative estimate of drug-likeness (QED) is 0.207. The maximum Gasteiger partial charge on any atom is 0.412 e. The highest BCUT2D eigenvalue weighted by Gasteiger charge is 2.20. The van der Waals surface area contributed by atoms with Gasteiger partial charge in [-0.2, -0.15) is 0 Å². The van der Waals surface area contributed by atoms with Crippen molar-refractivity contribution in [3.63, 3.8) is 0 Å². The molecular formula is C32H26N2O6. The molecule has 8 nitrogen and oxygen atoms in total. The highest BCUT2D eigenvalue weighted by molar-refractivity contribution is 5.91. The van der Waals surface area contributed by atoms with E-state index in [1.807, 2.05) is 85.8 Å². The number of hydrogen-bond acceptors (Lipinski definition) is 6. The standard InChI is InChI=1S/C32H26N2O6/c1-20-29(33-32(37)38-21(2)22-7-4-3-5-8-22)30(40-34-20)25-13-11-23(12-14-25)24-15-17-27(18-16-24)39-28-10-6-9-26(19-28)31(35)36/h3-19,21H,1-2H3,(H,33,37)(H,35,36)/t21-/m1/s1. The minimum absolute atomic E-state index is 0.160. The summed E-state index contributed by atoms with van der Waals surface area (Å²) in [5.74, 6) is 0.456. The van der Waals surface area contributed by atoms with Crippen molar-refractivity contribution in [2.45, 2.75) is 20.0 Å². The molecule has 5 rings (SSSR count). The van der Waals surface area contributed by atoms with Crippen LogP contribution in [0.1, 0.15) is 34.6 Å². The maximum absolute atomic E-state index is 12.6. The monoisotopic (exact) mass is 534 g/mol. The van der Waals surface area contributed by atoms with E-state index in [1.54, 1.807) is 19.1 Å². The first-order valence-corrected chi connectivity index (χ1v) is 12.6. The van der Waals surface area contributed by atoms with Gasteiger partial charge in [-0.25, -0.2) is 9.59 Å². The zero-order valence-corrected chi connectivity index (χ0v) is 21.8. The highest BCUT2D eigenvalue weighted by Crippen LogP contribution is 2.33. The summed E-state index contributed by atoms with van der Waals surface area (Å²) in [5.41, 5.74) is 4.71. The van der Waals surface area contributed by atoms with E-state index in [2.05, 4.69) is 10.5 Å². The number of benzene rings is 4. The van der Waals surface area contributed by atoms with E-state index >= 15 is 0 Å². The Balaban J connectivity index is 1.26. The Kier molecular flexibility index (Phi) is 7.59. The Labute approximate surface area is 230 Å². The molecule has 1 atom stereocenters. The third kappa shape index (κ3) is 6.02. The van der Waals surface area contributed by atoms with Crippen molar-refractivity contribution in [1.82, 2.24) is 5.16 Å². The SMILES string of the molecule is Cc1noc(-c2ccc(-c3ccc(Oc4cccc(C(=O)O)c4)cc3)cc2)c1NC(=O)O[C@H](C)c1ccccc1. The first-order chi connectivity index (χ1) is 19.4. The summed E-state index contributed by atoms with van der Waals surface area (Å²) in [5, 5.41) is 16.0. The first kappa shape index (κ1) is 26.2. The first-order valence-electron chi connectivity index (χ1n) is 12.6. The molecule has 0 unspecified atom stereocenters. The zero-order valence-electron chi connectivity index (χ0n) is 21.8. The van der Waals surface area contributed by atoms with Crippen molar-refractivity contribution in [3.05, 3.63) is 120 Å². The number of carbonyl (C=O) groups is 2. The maximum atomic E-state index is 12.6. The Bertz CT molecular complexity index is 1630. The van der Waals surface area contributed by atoms with E-state index in [0.717, 1.165) is 22.3 Å². The molecule has 0 bridgehead atoms. The summed E-state index contributed by atoms with van der Waals surface area (Å²) in [6, 6.07) is 31.0. The molecule has 0 fully saturated rings. The van der Waals surface area contributed by atoms with Gasteiger partial charge in [0.25, 0.3) is 0 Å². The molecule has 0 saturated carbocycles. The van der Waals surface area contributed by atoms with Crippen molar-refractivity contribution < 1.29 is 28.7 Å². The molecule has 40 heavy (non-hydrogen) atoms. The number of aromatic nitrogens is 1. The topological polar surface area (TPSA) is 111 Å². The fourth-order valence-electron chi connectivity index (χ4n) is 4.16. The third-order valence-corrected chi connectivity index (χ3v) is 6.29. The van der Waals surface area contributed by atoms with Crippen LogP contribution in [-0.4, -0.2) is 22.3 Å². The summed E-state index contributed by atoms with van der Waals surface area (Å²) >= 11 is 0. The second-order valence-electron chi connectivity index (χ2n) is 9.09. The van der Waals surface area contributed by atoms with E-state index in [-0.39, 0.29) is 5.56 Å². The van der Waals surface area contributed by atoms with Crippen LogP contribution in [0.15, 0.2) is 108 Å². The Morgan fingerprint density at radius 3 is 2.15 bits per heavy atom. The number of rotatable bonds is 8. The van der Waals surface area contributed by atoms with Gasteiger partial charge in [-0.15, -0.1) is 0 Å². The predicted molar refractivity (Wildman–Crippen MR) is 151 cm³/mol. The van der Waals surface area contributed by atoms with Crippen LogP contribution < -0.4 is 10.1 Å². The molecule has 8 heteroatoms. The molecule has 1 heterocycles. The van der Waals surface area contributed by atoms with Gasteiger partial charge in [0.15, 0.2) is 5.76 Å². The molecule has 0 spiro atoms. The molecule has 4 aromatic carbocycles. The molecule has 2 N–H and O–H groups in total. The van der Waals surface area contributed by atoms with E-state index < -0.39 is 18.2 Å². The number of anilines is 1. The van der Waals surface area contributed by atoms with E-state index in [9.17, 15) is 9.59 Å². The van der Waals surface area contributed by atoms with Crippen LogP contribution in [0.5, 0.6) is 11.5 Å². The van der Waals surface area contributed by atoms with Gasteiger partial charge >= 0.3 is 12.1 Å². The van der Waals surface area contributed by atoms with Crippen LogP contribution in [-0.2, 0) is 4.74 Å². The lowest BCUT2D eigenvalue weighted by Gasteiger charge is -2.14. The molecule has 0 aliphatic carbocycles. The van der Waals surface area contributed by atoms with Crippen LogP contribution >= 0.6 is 0 Å². The average Bonchev–Trinajstić information content (AvgIpc) is 3.33. The molecule has 0 aliphatic heterocycles. The Morgan fingerprint density at radius 1 is 0.825 bits per heavy atom. The van der Waals surface area contributed by atoms with Gasteiger partial charge in [0.05, 0.1) is 5.56 Å². The van der Waals surface area contributed by atoms with Gasteiger partial charge < -0.3 is 19.1 Å². The van der Waals surface area contributed by atoms with E-state index in [4.69, 9.17) is 19.1 Å². The smallest absolute Gasteiger partial charge is 0.412 e. The minimum Gasteiger partial charge on any atom is -0.478 e. The average molecular weight is 535 g/mol. The number of aromatic carboxylic acids is 1. The largest absolute Gasteiger partial charge is 0.478 e. The number of ether oxygens (including phenoxy) is 2. The molecular weight excluding hydrogens is 508 g/mol. The molecule has 0 aliphatic rings. The van der Waals surface area contributed by atoms with Gasteiger partial charge in [-0.3, -0.25) is 5.32 Å². The molecule has 1 amide bonds. The van der Waals surface area contributed by atoms with Crippen LogP contribution in [0.4, 0.5) is 10.5 Å². The number of hydrogen-bond donors (Lipinski definition) is 2. The van der Waals surface area contributed by atoms with Gasteiger partial charge in [-0.05, 0) is 60.9 Å². The lowest BCUT2D eigenvalue weighted by Crippen LogP contribution is -2.16. The third-order valence-electron chi connectivity index (χ3n) is 6.29. The van der Waals surface area contributed by atoms with Crippen molar-refractivity contribution >= 4 is 17.7 Å². The summed E-state index contributed by atoms with van der Waals surface area (Å²) < 4.78 is 16.9. The number of carbonyl (C=O) groups excluding carboxylic acids is 1. The Hall–Kier alpha value is -5.37. The van der Waals surface area contributed by atoms with Gasteiger partial charge in [0.1, 0.15) is 29.0 Å². The molecule has 200 valence electrons. The molecule has 1 aromatic heterocycles. The predicted octanol–water partition coefficient (Wildman–Crippen LogP) is 8.12. The number of nitrogens with zero attached hydrogens (tertiary/aromatic N) is 1. The molecule has 0 saturated heterocycles. The van der Waals surface area contributed by atoms with Crippen molar-refractivity contribution in [2.24, 2.45) is 0 Å². The van der Waals surface area contributed by atoms with Crippen molar-refractivity contribution in [3.8, 4) is 33.9 Å². The number of amides is 1. The van der Waals surface area contributed by atoms with Crippen molar-refractivity contribution in [2.75, 3.05) is 5.32 Å². The summed E-state index contributed by atoms with van der Waals surface area (Å²) in [6.07, 6.45) is -1.02. The van der Waals surface area contributed by atoms with Crippen LogP contribution in [0.2, 0.25) is 0 Å². The fourth-order valence-corrected chi connectivity index (χ4v) is 4.16. The summed E-state index contributed by atoms with van der Waals surface area (Å²) in [4.78, 5) is 23.8. The molecule has 5 aromatic rings. The number of carboxylic acids is 1. The minimum atomic E-state index is -1.01. The number of carboxylic acid groups (broad SMARTS) is 1. The highest BCUT2D eigenvalue weighted by atomic mass is 16.6. The lowest BCUT2D eigenvalue weighted by atomic mass is 10.0. The lowest BCUT2D eigenvalue weighted by molar-refractivity contribution is 0.0696. The van der Waals surface area contributed by atoms with Gasteiger partial charge in [-0.1, -0.05) is 78.0 Å². The number of aryl methyl sites for hydroxylation is 1. The second-order valence-corrected chi connectivity index (χ2v) is 9.09. The second kappa shape index (κ2) is 11.6. The van der Waals surface area contributed by atoms with Crippen LogP contribution in [0.3, 0.4) is 0 Å². The zero-order chi connectivity index (χ0) is 28.1. The fraction of sp³-hybridized carbons (Fsp3) is 0.0938. The summed E-state index contributed by atoms with van der Waals surface area (Å²) in [7, 11) is 0. The van der Waals surface area contributed by atoms with Crippen LogP contribution in [0.25, 0.3) is 22.5 Å². The normalized spacial score (nSPS) is 11.4. The van der Waals surface area contributed by atoms with Crippen LogP contribution in [0, 0.1) is 6.92 Å². The van der Waals surface area contributed by atoms with Gasteiger partial charge in [0, 0.05) is 5.56 Å². The van der Waals surface area contributed by atoms with E-state index in [0.29, 0.717) is 28.6 Å². The Morgan fingerprint density at radius 2 is 1.48 bits per heavy atom. The summed E-state index contributed by atoms with van der Waals surface area (Å²) in [6.45, 7) is 3.56. The van der Waals surface area contributed by atoms with Crippen molar-refractivity contribution in [1.29, 1.82) is 0 Å². The van der Waals surface area contributed by atoms with Gasteiger partial charge in [0.2, 0.25) is 0 Å².